The number of hydrogen-bond acceptors (Lipinski definition) is 7. The molecule has 1 fully saturated rings. The highest BCUT2D eigenvalue weighted by molar-refractivity contribution is 6.82. The Bertz CT molecular complexity index is 8100. The summed E-state index contributed by atoms with van der Waals surface area (Å²) in [7, 11) is 0. The minimum atomic E-state index is -1.01. The molecule has 2 spiro atoms. The van der Waals surface area contributed by atoms with Crippen LogP contribution in [0.15, 0.2) is 42.5 Å². The molecule has 0 aromatic heterocycles. The van der Waals surface area contributed by atoms with Crippen molar-refractivity contribution in [1.29, 1.82) is 0 Å². The topological polar surface area (TPSA) is 133 Å². The molecule has 0 amide bonds. The van der Waals surface area contributed by atoms with Crippen LogP contribution in [-0.4, -0.2) is 21.3 Å². The highest BCUT2D eigenvalue weighted by atomic mass is 16.6. The first-order chi connectivity index (χ1) is 41.4. The maximum atomic E-state index is 14.1. The number of non-ortho nitro benzene ring substituents is 1. The van der Waals surface area contributed by atoms with Gasteiger partial charge in [-0.15, -0.1) is 0 Å². The molecule has 84 heavy (non-hydrogen) atoms. The van der Waals surface area contributed by atoms with Crippen molar-refractivity contribution >= 4 is 314 Å². The van der Waals surface area contributed by atoms with Gasteiger partial charge in [-0.3, -0.25) is 30.3 Å². The number of hydrogen-bond donors (Lipinski definition) is 0. The molecule has 1 heterocycles. The molecular weight excluding hydrogens is 1040 g/mol. The summed E-state index contributed by atoms with van der Waals surface area (Å²) in [4.78, 5) is 41.3. The highest BCUT2D eigenvalue weighted by Gasteiger charge is 2.77. The summed E-state index contributed by atoms with van der Waals surface area (Å²) in [5.74, 6) is 0. The summed E-state index contributed by atoms with van der Waals surface area (Å²) in [6.07, 6.45) is 0. The van der Waals surface area contributed by atoms with Crippen LogP contribution in [0.4, 0.5) is 22.7 Å². The molecule has 5 aliphatic rings. The molecule has 0 radical (unpaired) electrons. The Morgan fingerprint density at radius 1 is 0.310 bits per heavy atom. The molecule has 1 atom stereocenters. The van der Waals surface area contributed by atoms with E-state index >= 15 is 0 Å². The Labute approximate surface area is 455 Å². The second-order valence-electron chi connectivity index (χ2n) is 28.5. The molecule has 1 aliphatic heterocycles. The number of benzene rings is 20. The molecular formula is C74H10N4O6. The molecule has 0 N–H and O–H groups in total. The smallest absolute Gasteiger partial charge is 0.306 e. The zero-order chi connectivity index (χ0) is 51.9. The van der Waals surface area contributed by atoms with Gasteiger partial charge >= 0.3 is 11.4 Å². The van der Waals surface area contributed by atoms with Crippen LogP contribution in [0.5, 0.6) is 0 Å². The number of anilines is 1. The maximum absolute atomic E-state index is 14.1. The van der Waals surface area contributed by atoms with Crippen LogP contribution in [0.3, 0.4) is 0 Å². The predicted molar refractivity (Wildman–Crippen MR) is 337 cm³/mol. The van der Waals surface area contributed by atoms with Crippen molar-refractivity contribution in [2.75, 3.05) is 11.4 Å². The van der Waals surface area contributed by atoms with Crippen molar-refractivity contribution in [1.82, 2.24) is 0 Å². The van der Waals surface area contributed by atoms with E-state index in [1.807, 2.05) is 6.07 Å². The number of rotatable bonds is 5. The monoisotopic (exact) mass is 1050 g/mol. The summed E-state index contributed by atoms with van der Waals surface area (Å²) in [5.41, 5.74) is 2.21. The fourth-order valence-electron chi connectivity index (χ4n) is 27.4. The van der Waals surface area contributed by atoms with Crippen molar-refractivity contribution in [3.8, 4) is 0 Å². The van der Waals surface area contributed by atoms with E-state index in [0.29, 0.717) is 0 Å². The summed E-state index contributed by atoms with van der Waals surface area (Å²) < 4.78 is 0. The number of nitrogens with zero attached hydrogens (tertiary/aromatic N) is 4. The van der Waals surface area contributed by atoms with Crippen LogP contribution in [0.1, 0.15) is 33.9 Å². The van der Waals surface area contributed by atoms with E-state index in [0.717, 1.165) is 17.7 Å². The Kier molecular flexibility index (Phi) is 3.19. The lowest BCUT2D eigenvalue weighted by Crippen LogP contribution is -2.51. The van der Waals surface area contributed by atoms with E-state index in [4.69, 9.17) is 0 Å². The van der Waals surface area contributed by atoms with Crippen LogP contribution >= 0.6 is 0 Å². The highest BCUT2D eigenvalue weighted by Crippen LogP contribution is 2.87. The van der Waals surface area contributed by atoms with Gasteiger partial charge in [0.25, 0.3) is 5.69 Å². The third kappa shape index (κ3) is 1.96. The maximum Gasteiger partial charge on any atom is 0.306 e. The van der Waals surface area contributed by atoms with Gasteiger partial charge in [-0.1, -0.05) is 30.3 Å². The van der Waals surface area contributed by atoms with Crippen LogP contribution in [-0.2, 0) is 10.8 Å². The molecule has 30 aromatic carbocycles. The van der Waals surface area contributed by atoms with Gasteiger partial charge in [0.05, 0.1) is 43.8 Å². The minimum Gasteiger partial charge on any atom is -0.351 e. The number of nitro benzene ring substituents is 3. The molecule has 1 unspecified atom stereocenters. The van der Waals surface area contributed by atoms with Gasteiger partial charge in [0.1, 0.15) is 0 Å². The Hall–Kier alpha value is -11.1. The van der Waals surface area contributed by atoms with Crippen LogP contribution in [0.2, 0.25) is 0 Å². The molecule has 0 saturated carbocycles. The van der Waals surface area contributed by atoms with Gasteiger partial charge in [-0.25, -0.2) is 0 Å². The summed E-state index contributed by atoms with van der Waals surface area (Å²) in [6, 6.07) is 11.8. The second kappa shape index (κ2) is 7.97. The lowest BCUT2D eigenvalue weighted by Gasteiger charge is -2.51. The molecule has 10 heteroatoms. The first kappa shape index (κ1) is 33.6. The Morgan fingerprint density at radius 2 is 0.536 bits per heavy atom. The van der Waals surface area contributed by atoms with Crippen LogP contribution < -0.4 is 4.90 Å². The molecule has 35 rings (SSSR count). The average molecular weight is 1050 g/mol. The van der Waals surface area contributed by atoms with E-state index in [-0.39, 0.29) is 12.2 Å². The predicted octanol–water partition coefficient (Wildman–Crippen LogP) is 19.3. The van der Waals surface area contributed by atoms with Gasteiger partial charge in [-0.05, 0) is 319 Å². The fourth-order valence-corrected chi connectivity index (χ4v) is 27.4. The largest absolute Gasteiger partial charge is 0.351 e. The standard InChI is InChI=1S/C74H10N4O6/c79-76(80)10-6-11(77(81)82)71(12(7-10)78(83)84)75-8-73-67-59-51-41-31-23-15-13-14-17-21-19(15)27-35-29(21)39-33-25(17)26-18(14)22-20-16(13)24(23)32-38-28(20)36-30(22)40-34(26)44-43(33)55-49(39)57-47(35)53(45(51)37(27)31)61(67)63(57)69-65(55)66-56(44)50(40)58-48(36)54-46(38)52(42(32)41)60(59)68(73)62(54)64(58)70(66)74(69,73)72(75)9-4-2-1-3-5-9/h1-7,72H,8H2. The van der Waals surface area contributed by atoms with E-state index in [1.54, 1.807) is 0 Å². The third-order valence-corrected chi connectivity index (χ3v) is 27.8. The fraction of sp³-hybridized carbons (Fsp3) is 0.0541. The first-order valence-corrected chi connectivity index (χ1v) is 29.6. The lowest BCUT2D eigenvalue weighted by molar-refractivity contribution is -0.402. The van der Waals surface area contributed by atoms with Crippen molar-refractivity contribution in [3.05, 3.63) is 101 Å². The Balaban J connectivity index is 1.02. The van der Waals surface area contributed by atoms with Gasteiger partial charge in [0.2, 0.25) is 0 Å². The van der Waals surface area contributed by atoms with Crippen molar-refractivity contribution in [2.24, 2.45) is 0 Å². The summed E-state index contributed by atoms with van der Waals surface area (Å²) in [6.45, 7) is 0.196. The van der Waals surface area contributed by atoms with Crippen molar-refractivity contribution < 1.29 is 14.8 Å². The van der Waals surface area contributed by atoms with Crippen LogP contribution in [0, 0.1) is 30.3 Å². The minimum absolute atomic E-state index is 0.152. The van der Waals surface area contributed by atoms with E-state index in [2.05, 4.69) is 29.2 Å². The van der Waals surface area contributed by atoms with E-state index < -0.39 is 48.7 Å². The second-order valence-corrected chi connectivity index (χ2v) is 28.5. The lowest BCUT2D eigenvalue weighted by atomic mass is 9.47. The zero-order valence-corrected chi connectivity index (χ0v) is 42.1. The summed E-state index contributed by atoms with van der Waals surface area (Å²) in [5, 5.41) is 119. The van der Waals surface area contributed by atoms with Crippen molar-refractivity contribution in [2.45, 2.75) is 16.9 Å². The summed E-state index contributed by atoms with van der Waals surface area (Å²) >= 11 is 0. The molecule has 4 aliphatic carbocycles. The van der Waals surface area contributed by atoms with Crippen molar-refractivity contribution in [3.63, 3.8) is 0 Å². The zero-order valence-electron chi connectivity index (χ0n) is 42.1. The molecule has 362 valence electrons. The third-order valence-electron chi connectivity index (χ3n) is 27.8. The molecule has 30 aromatic rings. The molecule has 1 saturated heterocycles. The molecule has 0 bridgehead atoms. The van der Waals surface area contributed by atoms with Gasteiger partial charge in [0.15, 0.2) is 5.69 Å². The number of nitro groups is 3. The Morgan fingerprint density at radius 3 is 0.762 bits per heavy atom. The molecule has 10 nitrogen and oxygen atoms in total. The van der Waals surface area contributed by atoms with Gasteiger partial charge in [-0.2, -0.15) is 0 Å². The van der Waals surface area contributed by atoms with E-state index in [1.165, 1.54) is 313 Å². The van der Waals surface area contributed by atoms with Crippen LogP contribution in [0.25, 0.3) is 291 Å². The average Bonchev–Trinajstić information content (AvgIpc) is 1.38. The SMILES string of the molecule is O=[N+]([O-])c1cc([N+](=O)[O-])c(N2CC34c5c6c7c8c9c%10c(c%11c%12c3c3c5c5c%13c6c6c7c7c9c9c%14c%10c%10c%11c%11c%12c%12c3c3c5c5c%13c%13c6c6c7c9c7c9c%14c%10c%10c%11c%11c%12c3c3c5c5c%13c6c7c6c9c%10c%11c3c56)C84C2c2ccccc2)c([N+](=O)[O-])c1. The first-order valence-electron chi connectivity index (χ1n) is 29.6. The normalized spacial score (nSPS) is 21.5. The quantitative estimate of drug-likeness (QED) is 0.0952. The van der Waals surface area contributed by atoms with E-state index in [9.17, 15) is 30.3 Å². The van der Waals surface area contributed by atoms with Gasteiger partial charge < -0.3 is 4.90 Å². The van der Waals surface area contributed by atoms with Gasteiger partial charge in [0, 0.05) is 6.54 Å².